The molecule has 0 amide bonds. The van der Waals surface area contributed by atoms with E-state index in [0.29, 0.717) is 7.92 Å². The van der Waals surface area contributed by atoms with E-state index in [2.05, 4.69) is 20.8 Å². The summed E-state index contributed by atoms with van der Waals surface area (Å²) >= 11 is 0. The Morgan fingerprint density at radius 3 is 1.38 bits per heavy atom. The van der Waals surface area contributed by atoms with E-state index in [4.69, 9.17) is 14.4 Å². The molecule has 0 aliphatic heterocycles. The molecule has 4 nitrogen and oxygen atoms in total. The van der Waals surface area contributed by atoms with Crippen LogP contribution in [0.15, 0.2) is 0 Å². The molecule has 0 aliphatic rings. The Labute approximate surface area is 124 Å². The van der Waals surface area contributed by atoms with Crippen molar-refractivity contribution in [1.82, 2.24) is 0 Å². The third-order valence-electron chi connectivity index (χ3n) is 1.62. The first-order valence-electron chi connectivity index (χ1n) is 5.14. The quantitative estimate of drug-likeness (QED) is 0.493. The van der Waals surface area contributed by atoms with E-state index in [-0.39, 0.29) is 35.0 Å². The van der Waals surface area contributed by atoms with Crippen molar-refractivity contribution in [3.05, 3.63) is 0 Å². The summed E-state index contributed by atoms with van der Waals surface area (Å²) in [6.45, 7) is 6.92. The Kier molecular flexibility index (Phi) is 35.3. The second-order valence-electron chi connectivity index (χ2n) is 3.08. The molecule has 0 aromatic heterocycles. The molecule has 0 aliphatic carbocycles. The van der Waals surface area contributed by atoms with Crippen LogP contribution in [0.3, 0.4) is 0 Å². The average Bonchev–Trinajstić information content (AvgIpc) is 2.04. The van der Waals surface area contributed by atoms with Crippen LogP contribution in [0.25, 0.3) is 0 Å². The van der Waals surface area contributed by atoms with Gasteiger partial charge in [0.05, 0.1) is 0 Å². The summed E-state index contributed by atoms with van der Waals surface area (Å²) in [6, 6.07) is 0. The van der Waals surface area contributed by atoms with Gasteiger partial charge in [-0.3, -0.25) is 0 Å². The van der Waals surface area contributed by atoms with Gasteiger partial charge in [0.2, 0.25) is 0 Å². The Hall–Kier alpha value is 1.41. The molecular weight excluding hydrogens is 257 g/mol. The largest absolute Gasteiger partial charge is 1.00 e. The second-order valence-corrected chi connectivity index (χ2v) is 6.24. The van der Waals surface area contributed by atoms with Crippen molar-refractivity contribution in [3.63, 3.8) is 0 Å². The van der Waals surface area contributed by atoms with Crippen LogP contribution in [0.2, 0.25) is 0 Å². The maximum atomic E-state index is 8.59. The van der Waals surface area contributed by atoms with Crippen LogP contribution in [0, 0.1) is 0 Å². The molecule has 3 N–H and O–H groups in total. The summed E-state index contributed by atoms with van der Waals surface area (Å²) in [4.78, 5) is 15.6. The number of rotatable bonds is 6. The van der Waals surface area contributed by atoms with E-state index >= 15 is 0 Å². The van der Waals surface area contributed by atoms with Crippen LogP contribution in [-0.4, -0.2) is 28.9 Å². The monoisotopic (exact) mass is 281 g/mol. The minimum absolute atomic E-state index is 0. The zero-order valence-electron chi connectivity index (χ0n) is 10.9. The minimum atomic E-state index is -3.12. The van der Waals surface area contributed by atoms with Crippen molar-refractivity contribution in [2.24, 2.45) is 0 Å². The normalized spacial score (nSPS) is 9.50. The Bertz CT molecular complexity index is 120. The topological polar surface area (TPSA) is 91.9 Å². The van der Waals surface area contributed by atoms with Gasteiger partial charge in [-0.05, 0) is 23.1 Å². The Morgan fingerprint density at radius 1 is 1.06 bits per heavy atom. The van der Waals surface area contributed by atoms with E-state index in [1.807, 2.05) is 0 Å². The van der Waals surface area contributed by atoms with E-state index in [1.54, 1.807) is 0 Å². The summed E-state index contributed by atoms with van der Waals surface area (Å²) < 4.78 is 8.59. The maximum Gasteiger partial charge on any atom is 1.00 e. The van der Waals surface area contributed by atoms with Crippen molar-refractivity contribution >= 4 is 16.2 Å². The van der Waals surface area contributed by atoms with Gasteiger partial charge in [-0.15, -0.1) is 7.92 Å². The van der Waals surface area contributed by atoms with Crippen molar-refractivity contribution in [1.29, 1.82) is 0 Å². The van der Waals surface area contributed by atoms with Crippen molar-refractivity contribution < 1.29 is 49.4 Å². The zero-order chi connectivity index (χ0) is 11.4. The number of hydrogen-bond acceptors (Lipinski definition) is 2. The summed E-state index contributed by atoms with van der Waals surface area (Å²) in [7, 11) is -2.68. The average molecular weight is 281 g/mol. The van der Waals surface area contributed by atoms with Gasteiger partial charge in [-0.1, -0.05) is 40.0 Å². The van der Waals surface area contributed by atoms with E-state index in [1.165, 1.54) is 37.7 Å². The van der Waals surface area contributed by atoms with Crippen molar-refractivity contribution in [3.8, 4) is 0 Å². The molecule has 0 aromatic carbocycles. The van der Waals surface area contributed by atoms with Crippen LogP contribution < -0.4 is 34.5 Å². The van der Waals surface area contributed by atoms with Crippen LogP contribution in [0.1, 0.15) is 40.0 Å². The fourth-order valence-corrected chi connectivity index (χ4v) is 3.85. The molecule has 7 heteroatoms. The molecule has 0 saturated carbocycles. The summed E-state index contributed by atoms with van der Waals surface area (Å²) in [5, 5.41) is 0. The fraction of sp³-hybridized carbons (Fsp3) is 1.00. The van der Waals surface area contributed by atoms with Crippen LogP contribution in [0.5, 0.6) is 0 Å². The maximum absolute atomic E-state index is 8.59. The SMILES string of the molecule is CCCP(CCC)CCC.O.O=[P+]([O-])O.[Na+]. The molecule has 1 unspecified atom stereocenters. The molecule has 0 heterocycles. The standard InChI is InChI=1S/C9H21P.Na.HO3P.H2O/c1-4-7-10(8-5-2)9-6-3;;1-4(2)3;/h4-9H2,1-3H3;;(H,1,2,3);1H2/q;+1;;. The molecule has 94 valence electrons. The van der Waals surface area contributed by atoms with E-state index in [0.717, 1.165) is 0 Å². The molecule has 0 fully saturated rings. The van der Waals surface area contributed by atoms with Crippen LogP contribution in [-0.2, 0) is 4.57 Å². The first kappa shape index (κ1) is 26.1. The van der Waals surface area contributed by atoms with Crippen molar-refractivity contribution in [2.75, 3.05) is 18.5 Å². The van der Waals surface area contributed by atoms with Crippen LogP contribution in [0.4, 0.5) is 0 Å². The number of hydrogen-bond donors (Lipinski definition) is 1. The predicted molar refractivity (Wildman–Crippen MR) is 65.8 cm³/mol. The molecule has 0 radical (unpaired) electrons. The van der Waals surface area contributed by atoms with Gasteiger partial charge >= 0.3 is 37.8 Å². The van der Waals surface area contributed by atoms with Gasteiger partial charge in [0.1, 0.15) is 0 Å². The van der Waals surface area contributed by atoms with Crippen LogP contribution >= 0.6 is 16.2 Å². The van der Waals surface area contributed by atoms with E-state index < -0.39 is 8.25 Å². The van der Waals surface area contributed by atoms with Gasteiger partial charge in [-0.2, -0.15) is 4.89 Å². The molecule has 16 heavy (non-hydrogen) atoms. The fourth-order valence-electron chi connectivity index (χ4n) is 1.28. The van der Waals surface area contributed by atoms with Gasteiger partial charge < -0.3 is 10.4 Å². The molecular formula is C9H24NaO4P2+. The molecule has 1 atom stereocenters. The second kappa shape index (κ2) is 21.7. The zero-order valence-corrected chi connectivity index (χ0v) is 14.7. The molecule has 0 aromatic rings. The molecule has 0 rings (SSSR count). The molecule has 0 bridgehead atoms. The van der Waals surface area contributed by atoms with Gasteiger partial charge in [-0.25, -0.2) is 0 Å². The summed E-state index contributed by atoms with van der Waals surface area (Å²) in [5.74, 6) is 0. The smallest absolute Gasteiger partial charge is 0.567 e. The summed E-state index contributed by atoms with van der Waals surface area (Å²) in [5.41, 5.74) is 0. The molecule has 0 spiro atoms. The third kappa shape index (κ3) is 29.5. The minimum Gasteiger partial charge on any atom is -0.567 e. The van der Waals surface area contributed by atoms with Gasteiger partial charge in [0, 0.05) is 0 Å². The summed E-state index contributed by atoms with van der Waals surface area (Å²) in [6.07, 6.45) is 8.72. The van der Waals surface area contributed by atoms with Crippen molar-refractivity contribution in [2.45, 2.75) is 40.0 Å². The van der Waals surface area contributed by atoms with Gasteiger partial charge in [0.15, 0.2) is 0 Å². The Morgan fingerprint density at radius 2 is 1.25 bits per heavy atom. The van der Waals surface area contributed by atoms with Gasteiger partial charge in [0.25, 0.3) is 0 Å². The third-order valence-corrected chi connectivity index (χ3v) is 4.86. The first-order chi connectivity index (χ1) is 6.58. The first-order valence-corrected chi connectivity index (χ1v) is 8.16. The Balaban J connectivity index is -0.000000105. The predicted octanol–water partition coefficient (Wildman–Crippen LogP) is -1.13. The van der Waals surface area contributed by atoms with E-state index in [9.17, 15) is 0 Å². The molecule has 0 saturated heterocycles.